The summed E-state index contributed by atoms with van der Waals surface area (Å²) in [7, 11) is 0. The molecule has 0 unspecified atom stereocenters. The summed E-state index contributed by atoms with van der Waals surface area (Å²) in [5, 5.41) is 2.12. The Labute approximate surface area is 145 Å². The highest BCUT2D eigenvalue weighted by atomic mass is 32.1. The van der Waals surface area contributed by atoms with Crippen LogP contribution in [0.3, 0.4) is 0 Å². The van der Waals surface area contributed by atoms with Crippen LogP contribution in [0.25, 0.3) is 0 Å². The van der Waals surface area contributed by atoms with E-state index in [1.807, 2.05) is 0 Å². The number of rotatable bonds is 4. The van der Waals surface area contributed by atoms with Crippen LogP contribution in [0, 0.1) is 5.92 Å². The normalized spacial score (nSPS) is 25.1. The summed E-state index contributed by atoms with van der Waals surface area (Å²) in [4.78, 5) is 42.7. The van der Waals surface area contributed by atoms with Crippen molar-refractivity contribution in [3.8, 4) is 0 Å². The van der Waals surface area contributed by atoms with Gasteiger partial charge in [0.2, 0.25) is 0 Å². The fraction of sp³-hybridized carbons (Fsp3) is 0.588. The molecule has 0 N–H and O–H groups in total. The van der Waals surface area contributed by atoms with Crippen LogP contribution in [0.15, 0.2) is 11.4 Å². The second-order valence-corrected chi connectivity index (χ2v) is 8.07. The van der Waals surface area contributed by atoms with Gasteiger partial charge in [-0.25, -0.2) is 9.69 Å². The quantitative estimate of drug-likeness (QED) is 0.619. The van der Waals surface area contributed by atoms with Crippen molar-refractivity contribution in [2.45, 2.75) is 45.2 Å². The van der Waals surface area contributed by atoms with Crippen molar-refractivity contribution >= 4 is 29.2 Å². The lowest BCUT2D eigenvalue weighted by atomic mass is 9.96. The van der Waals surface area contributed by atoms with Crippen LogP contribution in [0.1, 0.15) is 43.2 Å². The van der Waals surface area contributed by atoms with Crippen LogP contribution in [0.4, 0.5) is 4.79 Å². The summed E-state index contributed by atoms with van der Waals surface area (Å²) in [5.74, 6) is -0.797. The molecule has 2 aliphatic heterocycles. The van der Waals surface area contributed by atoms with Gasteiger partial charge in [0.25, 0.3) is 0 Å². The monoisotopic (exact) mass is 347 g/mol. The maximum Gasteiger partial charge on any atom is 0.335 e. The highest BCUT2D eigenvalue weighted by Crippen LogP contribution is 2.48. The number of carbonyl (C=O) groups excluding carboxylic acids is 3. The molecule has 6 nitrogen and oxygen atoms in total. The van der Waals surface area contributed by atoms with E-state index >= 15 is 0 Å². The Balaban J connectivity index is 1.58. The third-order valence-electron chi connectivity index (χ3n) is 5.11. The van der Waals surface area contributed by atoms with Crippen LogP contribution < -0.4 is 0 Å². The number of thiophene rings is 1. The van der Waals surface area contributed by atoms with Gasteiger partial charge in [0, 0.05) is 23.5 Å². The van der Waals surface area contributed by atoms with Gasteiger partial charge >= 0.3 is 17.8 Å². The molecule has 24 heavy (non-hydrogen) atoms. The van der Waals surface area contributed by atoms with E-state index in [1.165, 1.54) is 23.3 Å². The van der Waals surface area contributed by atoms with Crippen molar-refractivity contribution in [2.24, 2.45) is 5.92 Å². The van der Waals surface area contributed by atoms with E-state index < -0.39 is 17.8 Å². The molecule has 1 aliphatic carbocycles. The average Bonchev–Trinajstić information content (AvgIpc) is 3.22. The van der Waals surface area contributed by atoms with E-state index in [0.29, 0.717) is 5.92 Å². The highest BCUT2D eigenvalue weighted by Gasteiger charge is 2.48. The number of hydrogen-bond donors (Lipinski definition) is 0. The minimum atomic E-state index is -0.703. The molecule has 0 spiro atoms. The van der Waals surface area contributed by atoms with Gasteiger partial charge in [-0.05, 0) is 56.0 Å². The summed E-state index contributed by atoms with van der Waals surface area (Å²) in [5.41, 5.74) is 1.35. The third kappa shape index (κ3) is 2.38. The van der Waals surface area contributed by atoms with Crippen LogP contribution in [0.2, 0.25) is 0 Å². The maximum absolute atomic E-state index is 12.5. The van der Waals surface area contributed by atoms with Gasteiger partial charge in [0.15, 0.2) is 0 Å². The maximum atomic E-state index is 12.5. The van der Waals surface area contributed by atoms with Crippen LogP contribution in [0.5, 0.6) is 0 Å². The zero-order valence-electron chi connectivity index (χ0n) is 13.9. The molecule has 0 radical (unpaired) electrons. The van der Waals surface area contributed by atoms with Gasteiger partial charge in [-0.2, -0.15) is 0 Å². The van der Waals surface area contributed by atoms with Crippen molar-refractivity contribution < 1.29 is 14.4 Å². The lowest BCUT2D eigenvalue weighted by Gasteiger charge is -2.37. The van der Waals surface area contributed by atoms with Crippen molar-refractivity contribution in [2.75, 3.05) is 13.2 Å². The van der Waals surface area contributed by atoms with E-state index in [-0.39, 0.29) is 18.8 Å². The molecule has 0 aromatic carbocycles. The van der Waals surface area contributed by atoms with Gasteiger partial charge in [-0.15, -0.1) is 11.3 Å². The van der Waals surface area contributed by atoms with Crippen LogP contribution in [-0.2, 0) is 16.0 Å². The molecule has 2 fully saturated rings. The standard InChI is InChI=1S/C17H21N3O3S/c1-10(2)20-16(22)15(21)19(17(20)23)9-18-7-5-13-12(6-8-24-13)14(18)11-3-4-11/h6,8,10-11,14H,3-5,7,9H2,1-2H3/t14-/m0/s1. The molecule has 3 heterocycles. The first-order valence-corrected chi connectivity index (χ1v) is 9.36. The Morgan fingerprint density at radius 2 is 1.96 bits per heavy atom. The minimum Gasteiger partial charge on any atom is -0.278 e. The second kappa shape index (κ2) is 5.67. The van der Waals surface area contributed by atoms with E-state index in [1.54, 1.807) is 25.2 Å². The second-order valence-electron chi connectivity index (χ2n) is 7.07. The SMILES string of the molecule is CC(C)N1C(=O)C(=O)N(CN2CCc3sccc3[C@@H]2C2CC2)C1=O. The lowest BCUT2D eigenvalue weighted by Crippen LogP contribution is -2.47. The fourth-order valence-electron chi connectivity index (χ4n) is 3.80. The number of imide groups is 2. The Morgan fingerprint density at radius 1 is 1.21 bits per heavy atom. The number of urea groups is 1. The molecular weight excluding hydrogens is 326 g/mol. The third-order valence-corrected chi connectivity index (χ3v) is 6.11. The molecule has 1 aromatic rings. The molecule has 4 amide bonds. The number of hydrogen-bond acceptors (Lipinski definition) is 5. The molecule has 4 rings (SSSR count). The topological polar surface area (TPSA) is 60.9 Å². The molecule has 1 atom stereocenters. The van der Waals surface area contributed by atoms with Gasteiger partial charge in [0.1, 0.15) is 0 Å². The van der Waals surface area contributed by atoms with Crippen molar-refractivity contribution in [1.29, 1.82) is 0 Å². The van der Waals surface area contributed by atoms with Gasteiger partial charge in [0.05, 0.1) is 6.67 Å². The van der Waals surface area contributed by atoms with Crippen LogP contribution >= 0.6 is 11.3 Å². The zero-order valence-corrected chi connectivity index (χ0v) is 14.7. The van der Waals surface area contributed by atoms with E-state index in [0.717, 1.165) is 22.8 Å². The molecule has 128 valence electrons. The lowest BCUT2D eigenvalue weighted by molar-refractivity contribution is -0.144. The van der Waals surface area contributed by atoms with E-state index in [9.17, 15) is 14.4 Å². The fourth-order valence-corrected chi connectivity index (χ4v) is 4.72. The number of nitrogens with zero attached hydrogens (tertiary/aromatic N) is 3. The van der Waals surface area contributed by atoms with Gasteiger partial charge in [-0.3, -0.25) is 19.4 Å². The van der Waals surface area contributed by atoms with E-state index in [4.69, 9.17) is 0 Å². The predicted molar refractivity (Wildman–Crippen MR) is 89.3 cm³/mol. The largest absolute Gasteiger partial charge is 0.335 e. The molecule has 1 aromatic heterocycles. The molecule has 3 aliphatic rings. The molecular formula is C17H21N3O3S. The smallest absolute Gasteiger partial charge is 0.278 e. The number of fused-ring (bicyclic) bond motifs is 1. The Kier molecular flexibility index (Phi) is 3.73. The van der Waals surface area contributed by atoms with Crippen molar-refractivity contribution in [3.63, 3.8) is 0 Å². The Hall–Kier alpha value is -1.73. The predicted octanol–water partition coefficient (Wildman–Crippen LogP) is 2.21. The zero-order chi connectivity index (χ0) is 17.0. The first-order chi connectivity index (χ1) is 11.5. The summed E-state index contributed by atoms with van der Waals surface area (Å²) in [6.07, 6.45) is 3.32. The summed E-state index contributed by atoms with van der Waals surface area (Å²) in [6.45, 7) is 4.53. The number of carbonyl (C=O) groups is 3. The minimum absolute atomic E-state index is 0.211. The first kappa shape index (κ1) is 15.8. The van der Waals surface area contributed by atoms with Gasteiger partial charge < -0.3 is 0 Å². The average molecular weight is 347 g/mol. The summed E-state index contributed by atoms with van der Waals surface area (Å²) < 4.78 is 0. The molecule has 0 bridgehead atoms. The molecule has 7 heteroatoms. The molecule has 1 saturated heterocycles. The summed E-state index contributed by atoms with van der Waals surface area (Å²) in [6, 6.07) is 1.66. The van der Waals surface area contributed by atoms with E-state index in [2.05, 4.69) is 16.3 Å². The Bertz CT molecular complexity index is 710. The van der Waals surface area contributed by atoms with Crippen molar-refractivity contribution in [3.05, 3.63) is 21.9 Å². The first-order valence-electron chi connectivity index (χ1n) is 8.48. The number of amides is 4. The van der Waals surface area contributed by atoms with Gasteiger partial charge in [-0.1, -0.05) is 0 Å². The highest BCUT2D eigenvalue weighted by molar-refractivity contribution is 7.10. The summed E-state index contributed by atoms with van der Waals surface area (Å²) >= 11 is 1.79. The molecule has 1 saturated carbocycles. The van der Waals surface area contributed by atoms with Crippen LogP contribution in [-0.4, -0.2) is 51.8 Å². The Morgan fingerprint density at radius 3 is 2.58 bits per heavy atom. The van der Waals surface area contributed by atoms with Crippen molar-refractivity contribution in [1.82, 2.24) is 14.7 Å².